The fourth-order valence-corrected chi connectivity index (χ4v) is 5.18. The third-order valence-corrected chi connectivity index (χ3v) is 7.14. The van der Waals surface area contributed by atoms with Crippen molar-refractivity contribution in [3.05, 3.63) is 29.8 Å². The second kappa shape index (κ2) is 8.19. The van der Waals surface area contributed by atoms with Crippen LogP contribution in [-0.4, -0.2) is 49.7 Å². The SMILES string of the molecule is N#CC1CCN(C(=O)c2cccc(S(=O)(=O)N3CCCCCC3)c2)CC1. The predicted molar refractivity (Wildman–Crippen MR) is 97.9 cm³/mol. The molecular formula is C19H25N3O3S. The molecule has 0 saturated carbocycles. The van der Waals surface area contributed by atoms with Gasteiger partial charge in [-0.25, -0.2) is 8.42 Å². The van der Waals surface area contributed by atoms with Crippen molar-refractivity contribution in [2.24, 2.45) is 5.92 Å². The van der Waals surface area contributed by atoms with Crippen LogP contribution in [0.5, 0.6) is 0 Å². The predicted octanol–water partition coefficient (Wildman–Crippen LogP) is 2.63. The lowest BCUT2D eigenvalue weighted by Crippen LogP contribution is -2.38. The summed E-state index contributed by atoms with van der Waals surface area (Å²) in [5.41, 5.74) is 0.399. The van der Waals surface area contributed by atoms with Gasteiger partial charge in [-0.3, -0.25) is 4.79 Å². The number of carbonyl (C=O) groups is 1. The zero-order valence-electron chi connectivity index (χ0n) is 14.9. The highest BCUT2D eigenvalue weighted by Crippen LogP contribution is 2.23. The number of nitriles is 1. The molecule has 1 amide bonds. The minimum atomic E-state index is -3.57. The molecule has 0 spiro atoms. The Bertz CT molecular complexity index is 784. The molecule has 0 aliphatic carbocycles. The number of hydrogen-bond donors (Lipinski definition) is 0. The van der Waals surface area contributed by atoms with Gasteiger partial charge in [0.25, 0.3) is 5.91 Å². The van der Waals surface area contributed by atoms with E-state index in [0.29, 0.717) is 44.6 Å². The van der Waals surface area contributed by atoms with Gasteiger partial charge in [0.2, 0.25) is 10.0 Å². The summed E-state index contributed by atoms with van der Waals surface area (Å²) in [7, 11) is -3.57. The molecule has 3 rings (SSSR count). The van der Waals surface area contributed by atoms with Crippen LogP contribution in [0.1, 0.15) is 48.9 Å². The van der Waals surface area contributed by atoms with Crippen LogP contribution in [0.15, 0.2) is 29.2 Å². The number of likely N-dealkylation sites (tertiary alicyclic amines) is 1. The largest absolute Gasteiger partial charge is 0.339 e. The third-order valence-electron chi connectivity index (χ3n) is 5.25. The fraction of sp³-hybridized carbons (Fsp3) is 0.579. The lowest BCUT2D eigenvalue weighted by molar-refractivity contribution is 0.0707. The van der Waals surface area contributed by atoms with Crippen LogP contribution in [-0.2, 0) is 10.0 Å². The summed E-state index contributed by atoms with van der Waals surface area (Å²) in [6.45, 7) is 2.17. The molecule has 0 radical (unpaired) electrons. The standard InChI is InChI=1S/C19H25N3O3S/c20-15-16-8-12-21(13-9-16)19(23)17-6-5-7-18(14-17)26(24,25)22-10-3-1-2-4-11-22/h5-7,14,16H,1-4,8-13H2. The highest BCUT2D eigenvalue weighted by atomic mass is 32.2. The maximum absolute atomic E-state index is 12.9. The van der Waals surface area contributed by atoms with E-state index >= 15 is 0 Å². The first-order valence-corrected chi connectivity index (χ1v) is 10.8. The Kier molecular flexibility index (Phi) is 5.94. The molecule has 2 fully saturated rings. The first-order valence-electron chi connectivity index (χ1n) is 9.31. The topological polar surface area (TPSA) is 81.5 Å². The molecule has 2 aliphatic rings. The van der Waals surface area contributed by atoms with Gasteiger partial charge in [0, 0.05) is 37.7 Å². The minimum absolute atomic E-state index is 0.00815. The van der Waals surface area contributed by atoms with Gasteiger partial charge in [-0.2, -0.15) is 9.57 Å². The number of benzene rings is 1. The van der Waals surface area contributed by atoms with Crippen LogP contribution >= 0.6 is 0 Å². The first kappa shape index (κ1) is 18.9. The van der Waals surface area contributed by atoms with E-state index in [0.717, 1.165) is 25.7 Å². The van der Waals surface area contributed by atoms with Crippen molar-refractivity contribution >= 4 is 15.9 Å². The summed E-state index contributed by atoms with van der Waals surface area (Å²) in [6.07, 6.45) is 5.23. The quantitative estimate of drug-likeness (QED) is 0.813. The van der Waals surface area contributed by atoms with E-state index in [9.17, 15) is 13.2 Å². The van der Waals surface area contributed by atoms with Crippen molar-refractivity contribution in [3.63, 3.8) is 0 Å². The number of sulfonamides is 1. The van der Waals surface area contributed by atoms with Gasteiger partial charge in [-0.15, -0.1) is 0 Å². The molecule has 0 atom stereocenters. The lowest BCUT2D eigenvalue weighted by atomic mass is 9.98. The van der Waals surface area contributed by atoms with Crippen LogP contribution in [0, 0.1) is 17.2 Å². The van der Waals surface area contributed by atoms with Crippen molar-refractivity contribution < 1.29 is 13.2 Å². The van der Waals surface area contributed by atoms with Crippen LogP contribution < -0.4 is 0 Å². The van der Waals surface area contributed by atoms with E-state index in [4.69, 9.17) is 5.26 Å². The number of nitrogens with zero attached hydrogens (tertiary/aromatic N) is 3. The summed E-state index contributed by atoms with van der Waals surface area (Å²) in [4.78, 5) is 14.6. The van der Waals surface area contributed by atoms with Crippen molar-refractivity contribution in [2.45, 2.75) is 43.4 Å². The second-order valence-corrected chi connectivity index (χ2v) is 8.98. The Morgan fingerprint density at radius 1 is 1.04 bits per heavy atom. The van der Waals surface area contributed by atoms with Gasteiger partial charge in [0.05, 0.1) is 11.0 Å². The maximum atomic E-state index is 12.9. The van der Waals surface area contributed by atoms with E-state index in [-0.39, 0.29) is 16.7 Å². The molecule has 1 aromatic carbocycles. The van der Waals surface area contributed by atoms with Crippen LogP contribution in [0.2, 0.25) is 0 Å². The number of carbonyl (C=O) groups excluding carboxylic acids is 1. The first-order chi connectivity index (χ1) is 12.5. The van der Waals surface area contributed by atoms with Crippen molar-refractivity contribution in [2.75, 3.05) is 26.2 Å². The molecule has 0 bridgehead atoms. The monoisotopic (exact) mass is 375 g/mol. The summed E-state index contributed by atoms with van der Waals surface area (Å²) < 4.78 is 27.4. The molecule has 2 heterocycles. The molecule has 0 unspecified atom stereocenters. The van der Waals surface area contributed by atoms with Crippen molar-refractivity contribution in [3.8, 4) is 6.07 Å². The van der Waals surface area contributed by atoms with Crippen LogP contribution in [0.25, 0.3) is 0 Å². The van der Waals surface area contributed by atoms with Gasteiger partial charge in [-0.1, -0.05) is 18.9 Å². The molecule has 2 saturated heterocycles. The Morgan fingerprint density at radius 3 is 2.31 bits per heavy atom. The van der Waals surface area contributed by atoms with Crippen LogP contribution in [0.3, 0.4) is 0 Å². The number of amides is 1. The molecular weight excluding hydrogens is 350 g/mol. The number of hydrogen-bond acceptors (Lipinski definition) is 4. The second-order valence-electron chi connectivity index (χ2n) is 7.04. The average molecular weight is 375 g/mol. The average Bonchev–Trinajstić information content (AvgIpc) is 2.98. The minimum Gasteiger partial charge on any atom is -0.339 e. The summed E-state index contributed by atoms with van der Waals surface area (Å²) >= 11 is 0. The molecule has 140 valence electrons. The van der Waals surface area contributed by atoms with Gasteiger partial charge in [0.15, 0.2) is 0 Å². The van der Waals surface area contributed by atoms with Crippen LogP contribution in [0.4, 0.5) is 0 Å². The summed E-state index contributed by atoms with van der Waals surface area (Å²) in [6, 6.07) is 8.62. The summed E-state index contributed by atoms with van der Waals surface area (Å²) in [5.74, 6) is -0.150. The zero-order valence-corrected chi connectivity index (χ0v) is 15.7. The van der Waals surface area contributed by atoms with Gasteiger partial charge < -0.3 is 4.90 Å². The molecule has 1 aromatic rings. The van der Waals surface area contributed by atoms with E-state index in [1.165, 1.54) is 6.07 Å². The van der Waals surface area contributed by atoms with Gasteiger partial charge in [0.1, 0.15) is 0 Å². The highest BCUT2D eigenvalue weighted by molar-refractivity contribution is 7.89. The number of piperidine rings is 1. The summed E-state index contributed by atoms with van der Waals surface area (Å²) in [5, 5.41) is 8.98. The highest BCUT2D eigenvalue weighted by Gasteiger charge is 2.27. The smallest absolute Gasteiger partial charge is 0.253 e. The molecule has 26 heavy (non-hydrogen) atoms. The van der Waals surface area contributed by atoms with E-state index in [2.05, 4.69) is 6.07 Å². The molecule has 0 N–H and O–H groups in total. The van der Waals surface area contributed by atoms with Crippen molar-refractivity contribution in [1.29, 1.82) is 5.26 Å². The Labute approximate surface area is 155 Å². The molecule has 6 nitrogen and oxygen atoms in total. The van der Waals surface area contributed by atoms with E-state index in [1.807, 2.05) is 0 Å². The van der Waals surface area contributed by atoms with Gasteiger partial charge >= 0.3 is 0 Å². The molecule has 2 aliphatic heterocycles. The third kappa shape index (κ3) is 4.08. The normalized spacial score (nSPS) is 20.3. The van der Waals surface area contributed by atoms with E-state index < -0.39 is 10.0 Å². The maximum Gasteiger partial charge on any atom is 0.253 e. The van der Waals surface area contributed by atoms with Crippen molar-refractivity contribution in [1.82, 2.24) is 9.21 Å². The Balaban J connectivity index is 1.77. The molecule has 7 heteroatoms. The number of rotatable bonds is 3. The van der Waals surface area contributed by atoms with Gasteiger partial charge in [-0.05, 0) is 43.9 Å². The Hall–Kier alpha value is -1.91. The lowest BCUT2D eigenvalue weighted by Gasteiger charge is -2.29. The Morgan fingerprint density at radius 2 is 1.69 bits per heavy atom. The zero-order chi connectivity index (χ0) is 18.6. The van der Waals surface area contributed by atoms with E-state index in [1.54, 1.807) is 27.4 Å². The fourth-order valence-electron chi connectivity index (χ4n) is 3.61. The molecule has 0 aromatic heterocycles.